The molecule has 0 fully saturated rings. The van der Waals surface area contributed by atoms with Crippen molar-refractivity contribution in [3.8, 4) is 5.75 Å². The normalized spacial score (nSPS) is 10.9. The first-order valence-corrected chi connectivity index (χ1v) is 8.69. The SMILES string of the molecule is O=c1c2ccc(OCc3cccc(F)c3)cc2ncn1Cc1cccc(F)c1. The molecular formula is C22H16F2N2O2. The molecule has 1 aromatic heterocycles. The minimum Gasteiger partial charge on any atom is -0.489 e. The zero-order valence-electron chi connectivity index (χ0n) is 14.8. The summed E-state index contributed by atoms with van der Waals surface area (Å²) in [6.45, 7) is 0.442. The third-order valence-corrected chi connectivity index (χ3v) is 4.33. The van der Waals surface area contributed by atoms with Crippen molar-refractivity contribution in [3.63, 3.8) is 0 Å². The van der Waals surface area contributed by atoms with Gasteiger partial charge < -0.3 is 4.74 Å². The highest BCUT2D eigenvalue weighted by Crippen LogP contribution is 2.18. The molecule has 0 unspecified atom stereocenters. The number of fused-ring (bicyclic) bond motifs is 1. The monoisotopic (exact) mass is 378 g/mol. The third kappa shape index (κ3) is 3.91. The van der Waals surface area contributed by atoms with Gasteiger partial charge in [0.25, 0.3) is 5.56 Å². The van der Waals surface area contributed by atoms with Gasteiger partial charge >= 0.3 is 0 Å². The van der Waals surface area contributed by atoms with Crippen LogP contribution in [0.5, 0.6) is 5.75 Å². The Morgan fingerprint density at radius 1 is 0.893 bits per heavy atom. The lowest BCUT2D eigenvalue weighted by Crippen LogP contribution is -2.21. The van der Waals surface area contributed by atoms with Gasteiger partial charge in [0.05, 0.1) is 23.8 Å². The molecule has 0 aliphatic rings. The van der Waals surface area contributed by atoms with Crippen LogP contribution in [0.4, 0.5) is 8.78 Å². The van der Waals surface area contributed by atoms with Crippen molar-refractivity contribution in [2.24, 2.45) is 0 Å². The summed E-state index contributed by atoms with van der Waals surface area (Å²) < 4.78 is 33.7. The number of nitrogens with zero attached hydrogens (tertiary/aromatic N) is 2. The van der Waals surface area contributed by atoms with Crippen molar-refractivity contribution < 1.29 is 13.5 Å². The predicted molar refractivity (Wildman–Crippen MR) is 102 cm³/mol. The van der Waals surface area contributed by atoms with Gasteiger partial charge in [-0.3, -0.25) is 9.36 Å². The Morgan fingerprint density at radius 3 is 2.36 bits per heavy atom. The number of hydrogen-bond acceptors (Lipinski definition) is 3. The van der Waals surface area contributed by atoms with Crippen molar-refractivity contribution in [2.75, 3.05) is 0 Å². The van der Waals surface area contributed by atoms with Gasteiger partial charge in [0.1, 0.15) is 24.0 Å². The molecule has 140 valence electrons. The van der Waals surface area contributed by atoms with Gasteiger partial charge in [-0.25, -0.2) is 13.8 Å². The van der Waals surface area contributed by atoms with E-state index in [1.165, 1.54) is 35.2 Å². The van der Waals surface area contributed by atoms with Gasteiger partial charge in [-0.15, -0.1) is 0 Å². The molecule has 1 heterocycles. The van der Waals surface area contributed by atoms with Crippen molar-refractivity contribution in [1.29, 1.82) is 0 Å². The lowest BCUT2D eigenvalue weighted by Gasteiger charge is -2.09. The topological polar surface area (TPSA) is 44.1 Å². The molecule has 28 heavy (non-hydrogen) atoms. The number of benzene rings is 3. The van der Waals surface area contributed by atoms with E-state index in [2.05, 4.69) is 4.98 Å². The fourth-order valence-electron chi connectivity index (χ4n) is 2.97. The van der Waals surface area contributed by atoms with Crippen LogP contribution < -0.4 is 10.3 Å². The Balaban J connectivity index is 1.56. The minimum atomic E-state index is -0.348. The zero-order chi connectivity index (χ0) is 19.5. The van der Waals surface area contributed by atoms with Crippen LogP contribution in [0.25, 0.3) is 10.9 Å². The second-order valence-corrected chi connectivity index (χ2v) is 6.41. The maximum Gasteiger partial charge on any atom is 0.261 e. The Hall–Kier alpha value is -3.54. The molecule has 0 spiro atoms. The van der Waals surface area contributed by atoms with Crippen LogP contribution in [0.15, 0.2) is 77.9 Å². The molecule has 0 saturated heterocycles. The first kappa shape index (κ1) is 17.9. The predicted octanol–water partition coefficient (Wildman–Crippen LogP) is 4.30. The van der Waals surface area contributed by atoms with E-state index < -0.39 is 0 Å². The standard InChI is InChI=1S/C22H16F2N2O2/c23-17-5-1-3-15(9-17)12-26-14-25-21-11-19(7-8-20(21)22(26)27)28-13-16-4-2-6-18(24)10-16/h1-11,14H,12-13H2. The van der Waals surface area contributed by atoms with Crippen LogP contribution in [-0.4, -0.2) is 9.55 Å². The van der Waals surface area contributed by atoms with Gasteiger partial charge in [0.2, 0.25) is 0 Å². The Kier molecular flexibility index (Phi) is 4.85. The number of aromatic nitrogens is 2. The van der Waals surface area contributed by atoms with Crippen molar-refractivity contribution in [1.82, 2.24) is 9.55 Å². The Morgan fingerprint density at radius 2 is 1.61 bits per heavy atom. The lowest BCUT2D eigenvalue weighted by molar-refractivity contribution is 0.306. The highest BCUT2D eigenvalue weighted by atomic mass is 19.1. The van der Waals surface area contributed by atoms with Crippen LogP contribution in [0, 0.1) is 11.6 Å². The molecule has 0 atom stereocenters. The fraction of sp³-hybridized carbons (Fsp3) is 0.0909. The van der Waals surface area contributed by atoms with Gasteiger partial charge in [-0.05, 0) is 47.5 Å². The molecule has 0 N–H and O–H groups in total. The summed E-state index contributed by atoms with van der Waals surface area (Å²) in [4.78, 5) is 17.0. The number of hydrogen-bond donors (Lipinski definition) is 0. The van der Waals surface area contributed by atoms with Gasteiger partial charge in [-0.1, -0.05) is 24.3 Å². The summed E-state index contributed by atoms with van der Waals surface area (Å²) in [7, 11) is 0. The molecule has 0 aliphatic carbocycles. The average molecular weight is 378 g/mol. The van der Waals surface area contributed by atoms with Gasteiger partial charge in [0.15, 0.2) is 0 Å². The molecular weight excluding hydrogens is 362 g/mol. The maximum atomic E-state index is 13.3. The second-order valence-electron chi connectivity index (χ2n) is 6.41. The van der Waals surface area contributed by atoms with Crippen LogP contribution in [0.2, 0.25) is 0 Å². The van der Waals surface area contributed by atoms with Crippen LogP contribution >= 0.6 is 0 Å². The van der Waals surface area contributed by atoms with Crippen LogP contribution in [0.1, 0.15) is 11.1 Å². The molecule has 0 saturated carbocycles. The van der Waals surface area contributed by atoms with E-state index in [0.717, 1.165) is 0 Å². The Bertz CT molecular complexity index is 1200. The van der Waals surface area contributed by atoms with E-state index in [9.17, 15) is 13.6 Å². The lowest BCUT2D eigenvalue weighted by atomic mass is 10.2. The van der Waals surface area contributed by atoms with E-state index in [0.29, 0.717) is 27.8 Å². The van der Waals surface area contributed by atoms with E-state index in [1.54, 1.807) is 42.5 Å². The molecule has 4 nitrogen and oxygen atoms in total. The summed E-state index contributed by atoms with van der Waals surface area (Å²) in [5.74, 6) is -0.133. The van der Waals surface area contributed by atoms with Crippen LogP contribution in [0.3, 0.4) is 0 Å². The average Bonchev–Trinajstić information content (AvgIpc) is 2.69. The Labute approximate surface area is 159 Å². The number of halogens is 2. The smallest absolute Gasteiger partial charge is 0.261 e. The van der Waals surface area contributed by atoms with Crippen molar-refractivity contribution in [2.45, 2.75) is 13.2 Å². The fourth-order valence-corrected chi connectivity index (χ4v) is 2.97. The quantitative estimate of drug-likeness (QED) is 0.520. The molecule has 0 bridgehead atoms. The highest BCUT2D eigenvalue weighted by Gasteiger charge is 2.07. The van der Waals surface area contributed by atoms with Crippen LogP contribution in [-0.2, 0) is 13.2 Å². The number of rotatable bonds is 5. The van der Waals surface area contributed by atoms with Gasteiger partial charge in [0, 0.05) is 6.07 Å². The maximum absolute atomic E-state index is 13.3. The summed E-state index contributed by atoms with van der Waals surface area (Å²) in [5, 5.41) is 0.442. The zero-order valence-corrected chi connectivity index (χ0v) is 14.8. The first-order valence-electron chi connectivity index (χ1n) is 8.69. The van der Waals surface area contributed by atoms with E-state index in [-0.39, 0.29) is 30.3 Å². The largest absolute Gasteiger partial charge is 0.489 e. The van der Waals surface area contributed by atoms with Crippen molar-refractivity contribution >= 4 is 10.9 Å². The highest BCUT2D eigenvalue weighted by molar-refractivity contribution is 5.78. The summed E-state index contributed by atoms with van der Waals surface area (Å²) in [5.41, 5.74) is 1.67. The second kappa shape index (κ2) is 7.60. The molecule has 0 radical (unpaired) electrons. The molecule has 4 aromatic rings. The van der Waals surface area contributed by atoms with E-state index in [1.807, 2.05) is 0 Å². The van der Waals surface area contributed by atoms with Gasteiger partial charge in [-0.2, -0.15) is 0 Å². The molecule has 3 aromatic carbocycles. The summed E-state index contributed by atoms with van der Waals surface area (Å²) in [6, 6.07) is 17.3. The van der Waals surface area contributed by atoms with Crippen molar-refractivity contribution in [3.05, 3.63) is 106 Å². The summed E-state index contributed by atoms with van der Waals surface area (Å²) >= 11 is 0. The number of ether oxygens (including phenoxy) is 1. The minimum absolute atomic E-state index is 0.208. The summed E-state index contributed by atoms with van der Waals surface area (Å²) in [6.07, 6.45) is 1.44. The molecule has 0 aliphatic heterocycles. The molecule has 4 rings (SSSR count). The molecule has 0 amide bonds. The third-order valence-electron chi connectivity index (χ3n) is 4.33. The van der Waals surface area contributed by atoms with E-state index >= 15 is 0 Å². The first-order chi connectivity index (χ1) is 13.6. The molecule has 6 heteroatoms. The van der Waals surface area contributed by atoms with E-state index in [4.69, 9.17) is 4.74 Å².